The van der Waals surface area contributed by atoms with Crippen molar-refractivity contribution in [1.29, 1.82) is 0 Å². The van der Waals surface area contributed by atoms with Crippen LogP contribution in [0.5, 0.6) is 0 Å². The van der Waals surface area contributed by atoms with Crippen molar-refractivity contribution in [2.24, 2.45) is 0 Å². The fourth-order valence-corrected chi connectivity index (χ4v) is 10.2. The Morgan fingerprint density at radius 3 is 0.789 bits per heavy atom. The Balaban J connectivity index is 3.39. The number of aliphatic hydroxyl groups is 1. The van der Waals surface area contributed by atoms with Crippen LogP contribution in [0.2, 0.25) is 0 Å². The van der Waals surface area contributed by atoms with Crippen LogP contribution in [0.3, 0.4) is 0 Å². The van der Waals surface area contributed by atoms with Gasteiger partial charge in [0.25, 0.3) is 0 Å². The molecule has 0 heterocycles. The summed E-state index contributed by atoms with van der Waals surface area (Å²) in [6.45, 7) is 4.15. The van der Waals surface area contributed by atoms with Crippen LogP contribution in [-0.4, -0.2) is 36.4 Å². The highest BCUT2D eigenvalue weighted by Crippen LogP contribution is 2.18. The lowest BCUT2D eigenvalue weighted by atomic mass is 10.0. The van der Waals surface area contributed by atoms with E-state index in [-0.39, 0.29) is 25.2 Å². The van der Waals surface area contributed by atoms with E-state index < -0.39 is 6.10 Å². The molecule has 0 fully saturated rings. The van der Waals surface area contributed by atoms with Gasteiger partial charge in [0, 0.05) is 12.8 Å². The van der Waals surface area contributed by atoms with Crippen molar-refractivity contribution in [3.05, 3.63) is 60.8 Å². The van der Waals surface area contributed by atoms with Crippen LogP contribution in [0.1, 0.15) is 361 Å². The SMILES string of the molecule is CCCCCCC/C=C\C/C=C\C/C=C\CCCCCCCCC(=O)OC(CO)COC(=O)CCCCCCCCCCCCCCCCCCCCCCCCCCCCCCC/C=C\C/C=C\CCCCCCC. The summed E-state index contributed by atoms with van der Waals surface area (Å²) in [6.07, 6.45) is 91.1. The lowest BCUT2D eigenvalue weighted by molar-refractivity contribution is -0.161. The van der Waals surface area contributed by atoms with Gasteiger partial charge in [-0.15, -0.1) is 0 Å². The molecule has 0 aromatic heterocycles. The third-order valence-corrected chi connectivity index (χ3v) is 15.3. The molecule has 0 spiro atoms. The molecule has 1 unspecified atom stereocenters. The standard InChI is InChI=1S/C71H130O5/c1-3-5-7-9-11-13-15-17-19-21-23-25-26-27-28-29-30-31-32-33-34-35-36-37-38-39-40-41-42-43-44-46-47-49-51-53-55-57-59-61-63-65-70(73)75-68-69(67-72)76-71(74)66-64-62-60-58-56-54-52-50-48-45-24-22-20-18-16-14-12-10-8-6-4-2/h15-18,21-24,48,50,69,72H,3-14,19-20,25-47,49,51-68H2,1-2H3/b17-15-,18-16-,23-21-,24-22-,50-48-. The largest absolute Gasteiger partial charge is 0.462 e. The first kappa shape index (κ1) is 73.6. The zero-order chi connectivity index (χ0) is 54.8. The highest BCUT2D eigenvalue weighted by atomic mass is 16.6. The predicted octanol–water partition coefficient (Wildman–Crippen LogP) is 23.3. The average molecular weight is 1060 g/mol. The summed E-state index contributed by atoms with van der Waals surface area (Å²) in [6, 6.07) is 0. The number of carbonyl (C=O) groups is 2. The van der Waals surface area contributed by atoms with Gasteiger partial charge in [0.2, 0.25) is 0 Å². The lowest BCUT2D eigenvalue weighted by Crippen LogP contribution is -2.28. The van der Waals surface area contributed by atoms with E-state index >= 15 is 0 Å². The Kier molecular flexibility index (Phi) is 64.8. The summed E-state index contributed by atoms with van der Waals surface area (Å²) in [7, 11) is 0. The number of rotatable bonds is 63. The Labute approximate surface area is 474 Å². The molecule has 76 heavy (non-hydrogen) atoms. The molecule has 0 aliphatic carbocycles. The molecule has 0 saturated heterocycles. The summed E-state index contributed by atoms with van der Waals surface area (Å²) in [4.78, 5) is 24.6. The topological polar surface area (TPSA) is 72.8 Å². The highest BCUT2D eigenvalue weighted by Gasteiger charge is 2.16. The molecule has 1 N–H and O–H groups in total. The van der Waals surface area contributed by atoms with E-state index in [1.54, 1.807) is 0 Å². The monoisotopic (exact) mass is 1060 g/mol. The van der Waals surface area contributed by atoms with E-state index in [1.165, 1.54) is 270 Å². The number of carbonyl (C=O) groups excluding carboxylic acids is 2. The minimum Gasteiger partial charge on any atom is -0.462 e. The van der Waals surface area contributed by atoms with E-state index in [9.17, 15) is 14.7 Å². The quantitative estimate of drug-likeness (QED) is 0.0373. The summed E-state index contributed by atoms with van der Waals surface area (Å²) in [5.41, 5.74) is 0. The normalized spacial score (nSPS) is 12.5. The van der Waals surface area contributed by atoms with Crippen LogP contribution in [0.15, 0.2) is 60.8 Å². The summed E-state index contributed by atoms with van der Waals surface area (Å²) in [5, 5.41) is 9.67. The maximum atomic E-state index is 12.3. The molecule has 1 atom stereocenters. The molecule has 0 aliphatic heterocycles. The molecular weight excluding hydrogens is 933 g/mol. The highest BCUT2D eigenvalue weighted by molar-refractivity contribution is 5.70. The molecule has 0 rings (SSSR count). The number of hydrogen-bond acceptors (Lipinski definition) is 5. The predicted molar refractivity (Wildman–Crippen MR) is 334 cm³/mol. The lowest BCUT2D eigenvalue weighted by Gasteiger charge is -2.15. The zero-order valence-corrected chi connectivity index (χ0v) is 51.0. The van der Waals surface area contributed by atoms with Crippen molar-refractivity contribution < 1.29 is 24.2 Å². The number of unbranched alkanes of at least 4 members (excludes halogenated alkanes) is 45. The first-order valence-corrected chi connectivity index (χ1v) is 33.8. The van der Waals surface area contributed by atoms with Crippen molar-refractivity contribution in [1.82, 2.24) is 0 Å². The molecule has 0 saturated carbocycles. The van der Waals surface area contributed by atoms with Crippen molar-refractivity contribution >= 4 is 11.9 Å². The summed E-state index contributed by atoms with van der Waals surface area (Å²) >= 11 is 0. The minimum absolute atomic E-state index is 0.0687. The third-order valence-electron chi connectivity index (χ3n) is 15.3. The minimum atomic E-state index is -0.780. The Morgan fingerprint density at radius 1 is 0.303 bits per heavy atom. The molecule has 5 heteroatoms. The number of allylic oxidation sites excluding steroid dienone is 10. The van der Waals surface area contributed by atoms with E-state index in [2.05, 4.69) is 74.6 Å². The van der Waals surface area contributed by atoms with Gasteiger partial charge in [-0.2, -0.15) is 0 Å². The van der Waals surface area contributed by atoms with Gasteiger partial charge < -0.3 is 14.6 Å². The van der Waals surface area contributed by atoms with Crippen LogP contribution >= 0.6 is 0 Å². The fourth-order valence-electron chi connectivity index (χ4n) is 10.2. The van der Waals surface area contributed by atoms with E-state index in [0.717, 1.165) is 64.2 Å². The van der Waals surface area contributed by atoms with Gasteiger partial charge in [-0.1, -0.05) is 325 Å². The van der Waals surface area contributed by atoms with Crippen LogP contribution < -0.4 is 0 Å². The van der Waals surface area contributed by atoms with Gasteiger partial charge in [-0.3, -0.25) is 9.59 Å². The second kappa shape index (κ2) is 66.9. The number of ether oxygens (including phenoxy) is 2. The average Bonchev–Trinajstić information content (AvgIpc) is 3.42. The van der Waals surface area contributed by atoms with Crippen LogP contribution in [-0.2, 0) is 19.1 Å². The molecule has 0 bridgehead atoms. The number of esters is 2. The Morgan fingerprint density at radius 2 is 0.526 bits per heavy atom. The third kappa shape index (κ3) is 64.1. The molecule has 0 radical (unpaired) electrons. The fraction of sp³-hybridized carbons (Fsp3) is 0.831. The molecular formula is C71H130O5. The molecule has 5 nitrogen and oxygen atoms in total. The van der Waals surface area contributed by atoms with Gasteiger partial charge in [0.1, 0.15) is 6.61 Å². The number of hydrogen-bond donors (Lipinski definition) is 1. The molecule has 0 aromatic rings. The summed E-state index contributed by atoms with van der Waals surface area (Å²) < 4.78 is 10.7. The Hall–Kier alpha value is -2.40. The second-order valence-corrected chi connectivity index (χ2v) is 22.9. The van der Waals surface area contributed by atoms with Gasteiger partial charge in [0.05, 0.1) is 6.61 Å². The van der Waals surface area contributed by atoms with Crippen molar-refractivity contribution in [2.75, 3.05) is 13.2 Å². The second-order valence-electron chi connectivity index (χ2n) is 22.9. The molecule has 0 amide bonds. The van der Waals surface area contributed by atoms with Gasteiger partial charge >= 0.3 is 11.9 Å². The maximum absolute atomic E-state index is 12.3. The van der Waals surface area contributed by atoms with Crippen LogP contribution in [0.4, 0.5) is 0 Å². The first-order chi connectivity index (χ1) is 37.6. The van der Waals surface area contributed by atoms with E-state index in [4.69, 9.17) is 9.47 Å². The van der Waals surface area contributed by atoms with Crippen molar-refractivity contribution in [3.8, 4) is 0 Å². The molecule has 0 aliphatic rings. The van der Waals surface area contributed by atoms with Gasteiger partial charge in [-0.05, 0) is 83.5 Å². The van der Waals surface area contributed by atoms with E-state index in [0.29, 0.717) is 12.8 Å². The van der Waals surface area contributed by atoms with Crippen LogP contribution in [0, 0.1) is 0 Å². The van der Waals surface area contributed by atoms with E-state index in [1.807, 2.05) is 0 Å². The van der Waals surface area contributed by atoms with Crippen molar-refractivity contribution in [2.45, 2.75) is 367 Å². The Bertz CT molecular complexity index is 1300. The smallest absolute Gasteiger partial charge is 0.306 e. The maximum Gasteiger partial charge on any atom is 0.306 e. The van der Waals surface area contributed by atoms with Crippen molar-refractivity contribution in [3.63, 3.8) is 0 Å². The summed E-state index contributed by atoms with van der Waals surface area (Å²) in [5.74, 6) is -0.590. The van der Waals surface area contributed by atoms with Crippen LogP contribution in [0.25, 0.3) is 0 Å². The molecule has 444 valence electrons. The van der Waals surface area contributed by atoms with Gasteiger partial charge in [-0.25, -0.2) is 0 Å². The molecule has 0 aromatic carbocycles. The first-order valence-electron chi connectivity index (χ1n) is 33.8. The zero-order valence-electron chi connectivity index (χ0n) is 51.0. The van der Waals surface area contributed by atoms with Gasteiger partial charge in [0.15, 0.2) is 6.10 Å². The number of aliphatic hydroxyl groups excluding tert-OH is 1.